The maximum absolute atomic E-state index is 4.95. The molecule has 0 saturated carbocycles. The van der Waals surface area contributed by atoms with Crippen LogP contribution in [0.5, 0.6) is 0 Å². The third-order valence-corrected chi connectivity index (χ3v) is 5.87. The first-order valence-corrected chi connectivity index (χ1v) is 8.65. The molecule has 104 valence electrons. The smallest absolute Gasteiger partial charge is 0.101 e. The predicted molar refractivity (Wildman–Crippen MR) is 92.0 cm³/mol. The highest BCUT2D eigenvalue weighted by atomic mass is 79.9. The van der Waals surface area contributed by atoms with E-state index in [9.17, 15) is 0 Å². The van der Waals surface area contributed by atoms with Crippen LogP contribution in [0.2, 0.25) is 0 Å². The summed E-state index contributed by atoms with van der Waals surface area (Å²) in [6.45, 7) is 2.17. The van der Waals surface area contributed by atoms with E-state index in [1.807, 2.05) is 17.4 Å². The summed E-state index contributed by atoms with van der Waals surface area (Å²) < 4.78 is 1.11. The molecule has 0 spiro atoms. The van der Waals surface area contributed by atoms with Crippen LogP contribution in [0, 0.1) is 6.92 Å². The summed E-state index contributed by atoms with van der Waals surface area (Å²) in [6, 6.07) is 17.0. The lowest BCUT2D eigenvalue weighted by Crippen LogP contribution is -2.17. The van der Waals surface area contributed by atoms with Crippen LogP contribution in [0.4, 0.5) is 0 Å². The van der Waals surface area contributed by atoms with Crippen molar-refractivity contribution in [2.45, 2.75) is 19.3 Å². The molecule has 3 aromatic rings. The summed E-state index contributed by atoms with van der Waals surface area (Å²) in [4.78, 5) is 6.24. The minimum Gasteiger partial charge on any atom is -0.240 e. The van der Waals surface area contributed by atoms with Crippen molar-refractivity contribution in [2.24, 2.45) is 0 Å². The van der Waals surface area contributed by atoms with E-state index in [1.54, 1.807) is 0 Å². The molecule has 1 aliphatic rings. The second-order valence-electron chi connectivity index (χ2n) is 5.39. The number of thiazole rings is 1. The number of hydrogen-bond acceptors (Lipinski definition) is 2. The van der Waals surface area contributed by atoms with Crippen molar-refractivity contribution < 1.29 is 0 Å². The first-order valence-electron chi connectivity index (χ1n) is 7.04. The Hall–Kier alpha value is -1.45. The van der Waals surface area contributed by atoms with Crippen LogP contribution in [-0.4, -0.2) is 4.98 Å². The van der Waals surface area contributed by atoms with Crippen LogP contribution >= 0.6 is 27.3 Å². The fraction of sp³-hybridized carbons (Fsp3) is 0.167. The monoisotopic (exact) mass is 355 g/mol. The summed E-state index contributed by atoms with van der Waals surface area (Å²) in [7, 11) is 0. The standard InChI is InChI=1S/C18H14BrNS/c1-11-17(14-8-4-5-9-16(14)19)20-18(21-11)15-10-12-6-2-3-7-13(12)15/h2-9,15H,10H2,1H3. The maximum atomic E-state index is 4.95. The number of rotatable bonds is 2. The van der Waals surface area contributed by atoms with Crippen molar-refractivity contribution in [3.8, 4) is 11.3 Å². The molecule has 1 heterocycles. The number of aryl methyl sites for hydroxylation is 1. The lowest BCUT2D eigenvalue weighted by Gasteiger charge is -2.28. The van der Waals surface area contributed by atoms with E-state index >= 15 is 0 Å². The van der Waals surface area contributed by atoms with Gasteiger partial charge in [0.25, 0.3) is 0 Å². The van der Waals surface area contributed by atoms with Crippen molar-refractivity contribution in [1.82, 2.24) is 4.98 Å². The first kappa shape index (κ1) is 13.2. The third-order valence-electron chi connectivity index (χ3n) is 4.09. The number of benzene rings is 2. The van der Waals surface area contributed by atoms with Gasteiger partial charge in [0.15, 0.2) is 0 Å². The second-order valence-corrected chi connectivity index (χ2v) is 7.48. The Morgan fingerprint density at radius 2 is 1.86 bits per heavy atom. The molecule has 0 saturated heterocycles. The van der Waals surface area contributed by atoms with Gasteiger partial charge in [-0.2, -0.15) is 0 Å². The minimum atomic E-state index is 0.487. The molecule has 0 bridgehead atoms. The zero-order valence-electron chi connectivity index (χ0n) is 11.6. The van der Waals surface area contributed by atoms with Gasteiger partial charge in [0.1, 0.15) is 5.01 Å². The molecule has 0 aliphatic heterocycles. The normalized spacial score (nSPS) is 16.4. The quantitative estimate of drug-likeness (QED) is 0.585. The molecule has 0 fully saturated rings. The third kappa shape index (κ3) is 2.16. The number of nitrogens with zero attached hydrogens (tertiary/aromatic N) is 1. The van der Waals surface area contributed by atoms with Crippen LogP contribution in [0.3, 0.4) is 0 Å². The van der Waals surface area contributed by atoms with Crippen molar-refractivity contribution in [3.63, 3.8) is 0 Å². The lowest BCUT2D eigenvalue weighted by atomic mass is 9.78. The summed E-state index contributed by atoms with van der Waals surface area (Å²) in [6.07, 6.45) is 1.12. The molecule has 2 aromatic carbocycles. The molecular weight excluding hydrogens is 342 g/mol. The fourth-order valence-corrected chi connectivity index (χ4v) is 4.48. The van der Waals surface area contributed by atoms with Gasteiger partial charge in [-0.1, -0.05) is 58.4 Å². The zero-order valence-corrected chi connectivity index (χ0v) is 14.0. The van der Waals surface area contributed by atoms with E-state index in [2.05, 4.69) is 65.3 Å². The van der Waals surface area contributed by atoms with Crippen molar-refractivity contribution in [2.75, 3.05) is 0 Å². The Bertz CT molecular complexity index is 822. The molecule has 1 aliphatic carbocycles. The number of fused-ring (bicyclic) bond motifs is 1. The predicted octanol–water partition coefficient (Wildman–Crippen LogP) is 5.57. The highest BCUT2D eigenvalue weighted by Crippen LogP contribution is 2.43. The second kappa shape index (κ2) is 5.08. The van der Waals surface area contributed by atoms with E-state index in [0.717, 1.165) is 16.6 Å². The molecule has 1 unspecified atom stereocenters. The molecule has 1 aromatic heterocycles. The molecule has 3 heteroatoms. The van der Waals surface area contributed by atoms with Crippen molar-refractivity contribution >= 4 is 27.3 Å². The van der Waals surface area contributed by atoms with Gasteiger partial charge in [0.05, 0.1) is 5.69 Å². The highest BCUT2D eigenvalue weighted by molar-refractivity contribution is 9.10. The number of halogens is 1. The van der Waals surface area contributed by atoms with Gasteiger partial charge in [-0.3, -0.25) is 0 Å². The van der Waals surface area contributed by atoms with E-state index < -0.39 is 0 Å². The van der Waals surface area contributed by atoms with Gasteiger partial charge in [-0.05, 0) is 30.5 Å². The van der Waals surface area contributed by atoms with Gasteiger partial charge in [0, 0.05) is 20.8 Å². The molecule has 1 atom stereocenters. The highest BCUT2D eigenvalue weighted by Gasteiger charge is 2.30. The van der Waals surface area contributed by atoms with E-state index in [-0.39, 0.29) is 0 Å². The Morgan fingerprint density at radius 3 is 2.67 bits per heavy atom. The van der Waals surface area contributed by atoms with Crippen molar-refractivity contribution in [3.05, 3.63) is 74.0 Å². The molecule has 0 N–H and O–H groups in total. The summed E-state index contributed by atoms with van der Waals surface area (Å²) >= 11 is 5.47. The lowest BCUT2D eigenvalue weighted by molar-refractivity contribution is 0.703. The van der Waals surface area contributed by atoms with Gasteiger partial charge < -0.3 is 0 Å². The SMILES string of the molecule is Cc1sc(C2Cc3ccccc32)nc1-c1ccccc1Br. The van der Waals surface area contributed by atoms with Crippen LogP contribution in [-0.2, 0) is 6.42 Å². The molecule has 4 rings (SSSR count). The Labute approximate surface area is 136 Å². The summed E-state index contributed by atoms with van der Waals surface area (Å²) in [5.74, 6) is 0.487. The number of aromatic nitrogens is 1. The summed E-state index contributed by atoms with van der Waals surface area (Å²) in [5.41, 5.74) is 5.22. The molecule has 0 amide bonds. The van der Waals surface area contributed by atoms with E-state index in [1.165, 1.54) is 26.6 Å². The van der Waals surface area contributed by atoms with Crippen molar-refractivity contribution in [1.29, 1.82) is 0 Å². The van der Waals surface area contributed by atoms with E-state index in [4.69, 9.17) is 4.98 Å². The van der Waals surface area contributed by atoms with Gasteiger partial charge in [0.2, 0.25) is 0 Å². The van der Waals surface area contributed by atoms with Crippen LogP contribution in [0.1, 0.15) is 26.9 Å². The molecule has 21 heavy (non-hydrogen) atoms. The number of hydrogen-bond donors (Lipinski definition) is 0. The van der Waals surface area contributed by atoms with Gasteiger partial charge in [-0.15, -0.1) is 11.3 Å². The van der Waals surface area contributed by atoms with Crippen LogP contribution < -0.4 is 0 Å². The minimum absolute atomic E-state index is 0.487. The maximum Gasteiger partial charge on any atom is 0.101 e. The largest absolute Gasteiger partial charge is 0.240 e. The van der Waals surface area contributed by atoms with Gasteiger partial charge >= 0.3 is 0 Å². The zero-order chi connectivity index (χ0) is 14.4. The molecule has 0 radical (unpaired) electrons. The Morgan fingerprint density at radius 1 is 1.10 bits per heavy atom. The van der Waals surface area contributed by atoms with E-state index in [0.29, 0.717) is 5.92 Å². The fourth-order valence-electron chi connectivity index (χ4n) is 2.95. The van der Waals surface area contributed by atoms with Crippen LogP contribution in [0.15, 0.2) is 53.0 Å². The Kier molecular flexibility index (Phi) is 3.20. The summed E-state index contributed by atoms with van der Waals surface area (Å²) in [5, 5.41) is 1.25. The molecule has 1 nitrogen and oxygen atoms in total. The van der Waals surface area contributed by atoms with Crippen LogP contribution in [0.25, 0.3) is 11.3 Å². The average molecular weight is 356 g/mol. The molecular formula is C18H14BrNS. The first-order chi connectivity index (χ1) is 10.2. The average Bonchev–Trinajstić information content (AvgIpc) is 2.82. The van der Waals surface area contributed by atoms with Gasteiger partial charge in [-0.25, -0.2) is 4.98 Å². The topological polar surface area (TPSA) is 12.9 Å². The Balaban J connectivity index is 1.75.